The van der Waals surface area contributed by atoms with E-state index >= 15 is 0 Å². The molecule has 0 aliphatic rings. The first kappa shape index (κ1) is 15.1. The fourth-order valence-electron chi connectivity index (χ4n) is 2.09. The second kappa shape index (κ2) is 7.47. The highest BCUT2D eigenvalue weighted by Crippen LogP contribution is 2.17. The maximum Gasteiger partial charge on any atom is 0.129 e. The van der Waals surface area contributed by atoms with Gasteiger partial charge in [-0.2, -0.15) is 0 Å². The lowest BCUT2D eigenvalue weighted by Crippen LogP contribution is -2.30. The van der Waals surface area contributed by atoms with Crippen molar-refractivity contribution in [3.05, 3.63) is 35.4 Å². The number of hydrogen-bond donors (Lipinski definition) is 1. The van der Waals surface area contributed by atoms with Crippen LogP contribution in [0.2, 0.25) is 0 Å². The van der Waals surface area contributed by atoms with Crippen molar-refractivity contribution in [3.63, 3.8) is 0 Å². The molecule has 0 amide bonds. The molecule has 0 saturated heterocycles. The van der Waals surface area contributed by atoms with Crippen molar-refractivity contribution < 1.29 is 8.78 Å². The standard InChI is InChI=1S/C15H23F2N/c1-4-5-12(10-18-11(2)3)8-13-6-7-14(16)9-15(13)17/h6-7,9,11-12,18H,4-5,8,10H2,1-3H3. The molecule has 0 saturated carbocycles. The fraction of sp³-hybridized carbons (Fsp3) is 0.600. The minimum absolute atomic E-state index is 0.400. The zero-order chi connectivity index (χ0) is 13.5. The van der Waals surface area contributed by atoms with Gasteiger partial charge in [0.2, 0.25) is 0 Å². The van der Waals surface area contributed by atoms with Crippen LogP contribution in [0.25, 0.3) is 0 Å². The van der Waals surface area contributed by atoms with Gasteiger partial charge in [-0.3, -0.25) is 0 Å². The molecule has 1 rings (SSSR count). The highest BCUT2D eigenvalue weighted by atomic mass is 19.1. The van der Waals surface area contributed by atoms with E-state index in [-0.39, 0.29) is 0 Å². The average molecular weight is 255 g/mol. The molecule has 1 nitrogen and oxygen atoms in total. The van der Waals surface area contributed by atoms with Crippen LogP contribution in [-0.2, 0) is 6.42 Å². The van der Waals surface area contributed by atoms with Crippen molar-refractivity contribution in [3.8, 4) is 0 Å². The van der Waals surface area contributed by atoms with Gasteiger partial charge in [0.1, 0.15) is 11.6 Å². The molecule has 102 valence electrons. The van der Waals surface area contributed by atoms with Crippen molar-refractivity contribution in [1.29, 1.82) is 0 Å². The number of benzene rings is 1. The van der Waals surface area contributed by atoms with E-state index in [1.54, 1.807) is 6.07 Å². The highest BCUT2D eigenvalue weighted by Gasteiger charge is 2.12. The van der Waals surface area contributed by atoms with Crippen LogP contribution in [0, 0.1) is 17.6 Å². The molecule has 1 aromatic carbocycles. The highest BCUT2D eigenvalue weighted by molar-refractivity contribution is 5.19. The molecule has 0 fully saturated rings. The molecule has 0 bridgehead atoms. The summed E-state index contributed by atoms with van der Waals surface area (Å²) in [6.07, 6.45) is 2.80. The Morgan fingerprint density at radius 2 is 1.94 bits per heavy atom. The third-order valence-electron chi connectivity index (χ3n) is 3.04. The van der Waals surface area contributed by atoms with Gasteiger partial charge in [0.25, 0.3) is 0 Å². The molecule has 1 atom stereocenters. The molecule has 0 aliphatic carbocycles. The van der Waals surface area contributed by atoms with Crippen LogP contribution >= 0.6 is 0 Å². The lowest BCUT2D eigenvalue weighted by molar-refractivity contribution is 0.412. The zero-order valence-corrected chi connectivity index (χ0v) is 11.5. The first-order valence-corrected chi connectivity index (χ1v) is 6.70. The third kappa shape index (κ3) is 5.13. The first-order valence-electron chi connectivity index (χ1n) is 6.70. The SMILES string of the molecule is CCCC(CNC(C)C)Cc1ccc(F)cc1F. The molecule has 0 aliphatic heterocycles. The van der Waals surface area contributed by atoms with E-state index in [9.17, 15) is 8.78 Å². The van der Waals surface area contributed by atoms with Crippen LogP contribution in [0.4, 0.5) is 8.78 Å². The summed E-state index contributed by atoms with van der Waals surface area (Å²) in [6, 6.07) is 4.29. The molecule has 1 aromatic rings. The summed E-state index contributed by atoms with van der Waals surface area (Å²) < 4.78 is 26.4. The Morgan fingerprint density at radius 3 is 2.50 bits per heavy atom. The van der Waals surface area contributed by atoms with E-state index in [1.165, 1.54) is 6.07 Å². The molecule has 0 heterocycles. The van der Waals surface area contributed by atoms with Crippen molar-refractivity contribution in [2.75, 3.05) is 6.54 Å². The summed E-state index contributed by atoms with van der Waals surface area (Å²) in [6.45, 7) is 7.20. The van der Waals surface area contributed by atoms with Crippen LogP contribution in [0.5, 0.6) is 0 Å². The Morgan fingerprint density at radius 1 is 1.22 bits per heavy atom. The smallest absolute Gasteiger partial charge is 0.129 e. The second-order valence-corrected chi connectivity index (χ2v) is 5.16. The number of rotatable bonds is 7. The van der Waals surface area contributed by atoms with E-state index in [0.29, 0.717) is 23.9 Å². The van der Waals surface area contributed by atoms with Gasteiger partial charge in [0.15, 0.2) is 0 Å². The summed E-state index contributed by atoms with van der Waals surface area (Å²) in [4.78, 5) is 0. The summed E-state index contributed by atoms with van der Waals surface area (Å²) in [5.74, 6) is -0.540. The van der Waals surface area contributed by atoms with Gasteiger partial charge in [0, 0.05) is 12.1 Å². The quantitative estimate of drug-likeness (QED) is 0.778. The van der Waals surface area contributed by atoms with Crippen LogP contribution in [0.15, 0.2) is 18.2 Å². The Hall–Kier alpha value is -0.960. The summed E-state index contributed by atoms with van der Waals surface area (Å²) in [7, 11) is 0. The van der Waals surface area contributed by atoms with E-state index in [1.807, 2.05) is 0 Å². The van der Waals surface area contributed by atoms with Crippen molar-refractivity contribution in [1.82, 2.24) is 5.32 Å². The van der Waals surface area contributed by atoms with E-state index in [0.717, 1.165) is 25.5 Å². The molecular weight excluding hydrogens is 232 g/mol. The topological polar surface area (TPSA) is 12.0 Å². The van der Waals surface area contributed by atoms with Gasteiger partial charge in [-0.25, -0.2) is 8.78 Å². The average Bonchev–Trinajstić information content (AvgIpc) is 2.29. The zero-order valence-electron chi connectivity index (χ0n) is 11.5. The maximum atomic E-state index is 13.6. The van der Waals surface area contributed by atoms with Crippen LogP contribution in [-0.4, -0.2) is 12.6 Å². The molecule has 0 spiro atoms. The summed E-state index contributed by atoms with van der Waals surface area (Å²) in [5, 5.41) is 3.38. The fourth-order valence-corrected chi connectivity index (χ4v) is 2.09. The monoisotopic (exact) mass is 255 g/mol. The predicted octanol–water partition coefficient (Wildman–Crippen LogP) is 3.92. The first-order chi connectivity index (χ1) is 8.52. The number of hydrogen-bond acceptors (Lipinski definition) is 1. The van der Waals surface area contributed by atoms with Crippen LogP contribution < -0.4 is 5.32 Å². The van der Waals surface area contributed by atoms with Crippen molar-refractivity contribution in [2.24, 2.45) is 5.92 Å². The Kier molecular flexibility index (Phi) is 6.27. The van der Waals surface area contributed by atoms with E-state index in [4.69, 9.17) is 0 Å². The lowest BCUT2D eigenvalue weighted by Gasteiger charge is -2.19. The second-order valence-electron chi connectivity index (χ2n) is 5.16. The summed E-state index contributed by atoms with van der Waals surface area (Å²) in [5.41, 5.74) is 0.611. The third-order valence-corrected chi connectivity index (χ3v) is 3.04. The normalized spacial score (nSPS) is 13.0. The molecule has 3 heteroatoms. The molecule has 1 unspecified atom stereocenters. The van der Waals surface area contributed by atoms with Crippen molar-refractivity contribution in [2.45, 2.75) is 46.1 Å². The van der Waals surface area contributed by atoms with Gasteiger partial charge in [-0.05, 0) is 36.9 Å². The molecule has 1 N–H and O–H groups in total. The van der Waals surface area contributed by atoms with E-state index in [2.05, 4.69) is 26.1 Å². The van der Waals surface area contributed by atoms with Gasteiger partial charge < -0.3 is 5.32 Å². The number of nitrogens with one attached hydrogen (secondary N) is 1. The lowest BCUT2D eigenvalue weighted by atomic mass is 9.94. The minimum atomic E-state index is -0.511. The molecule has 0 radical (unpaired) electrons. The summed E-state index contributed by atoms with van der Waals surface area (Å²) >= 11 is 0. The molecule has 0 aromatic heterocycles. The van der Waals surface area contributed by atoms with Crippen LogP contribution in [0.3, 0.4) is 0 Å². The number of halogens is 2. The Labute approximate surface area is 109 Å². The molecular formula is C15H23F2N. The van der Waals surface area contributed by atoms with Crippen LogP contribution in [0.1, 0.15) is 39.2 Å². The minimum Gasteiger partial charge on any atom is -0.314 e. The predicted molar refractivity (Wildman–Crippen MR) is 71.6 cm³/mol. The van der Waals surface area contributed by atoms with E-state index < -0.39 is 11.6 Å². The van der Waals surface area contributed by atoms with Gasteiger partial charge in [0.05, 0.1) is 0 Å². The Bertz CT molecular complexity index is 364. The molecule has 18 heavy (non-hydrogen) atoms. The Balaban J connectivity index is 2.64. The van der Waals surface area contributed by atoms with Gasteiger partial charge in [-0.1, -0.05) is 33.3 Å². The van der Waals surface area contributed by atoms with Crippen molar-refractivity contribution >= 4 is 0 Å². The maximum absolute atomic E-state index is 13.6. The van der Waals surface area contributed by atoms with Gasteiger partial charge >= 0.3 is 0 Å². The van der Waals surface area contributed by atoms with Gasteiger partial charge in [-0.15, -0.1) is 0 Å². The largest absolute Gasteiger partial charge is 0.314 e.